The number of benzene rings is 1. The minimum absolute atomic E-state index is 0.167. The van der Waals surface area contributed by atoms with Gasteiger partial charge < -0.3 is 10.7 Å². The Kier molecular flexibility index (Phi) is 2.56. The molecule has 0 aliphatic heterocycles. The van der Waals surface area contributed by atoms with Gasteiger partial charge in [-0.25, -0.2) is 4.98 Å². The molecule has 3 N–H and O–H groups in total. The molecule has 15 heavy (non-hydrogen) atoms. The lowest BCUT2D eigenvalue weighted by molar-refractivity contribution is 0.792. The lowest BCUT2D eigenvalue weighted by atomic mass is 9.98. The third kappa shape index (κ3) is 1.78. The maximum atomic E-state index is 6.14. The maximum absolute atomic E-state index is 6.14. The van der Waals surface area contributed by atoms with Crippen molar-refractivity contribution in [2.24, 2.45) is 5.73 Å². The van der Waals surface area contributed by atoms with E-state index in [9.17, 15) is 0 Å². The average Bonchev–Trinajstić information content (AvgIpc) is 2.74. The first-order valence-electron chi connectivity index (χ1n) is 5.01. The van der Waals surface area contributed by atoms with E-state index in [1.54, 1.807) is 12.4 Å². The minimum Gasteiger partial charge on any atom is -0.347 e. The molecule has 0 spiro atoms. The van der Waals surface area contributed by atoms with Gasteiger partial charge in [0, 0.05) is 12.4 Å². The Labute approximate surface area is 89.4 Å². The third-order valence-corrected chi connectivity index (χ3v) is 2.80. The van der Waals surface area contributed by atoms with Crippen LogP contribution >= 0.6 is 0 Å². The van der Waals surface area contributed by atoms with Crippen molar-refractivity contribution in [3.8, 4) is 0 Å². The van der Waals surface area contributed by atoms with Gasteiger partial charge in [0.25, 0.3) is 0 Å². The lowest BCUT2D eigenvalue weighted by Gasteiger charge is -2.13. The van der Waals surface area contributed by atoms with Gasteiger partial charge in [0.2, 0.25) is 0 Å². The van der Waals surface area contributed by atoms with Crippen LogP contribution in [0, 0.1) is 13.8 Å². The molecule has 0 aliphatic rings. The summed E-state index contributed by atoms with van der Waals surface area (Å²) < 4.78 is 0. The molecule has 2 rings (SSSR count). The van der Waals surface area contributed by atoms with Gasteiger partial charge in [0.1, 0.15) is 5.82 Å². The summed E-state index contributed by atoms with van der Waals surface area (Å²) in [7, 11) is 0. The number of H-pyrrole nitrogens is 1. The van der Waals surface area contributed by atoms with E-state index in [0.29, 0.717) is 0 Å². The number of aromatic nitrogens is 2. The monoisotopic (exact) mass is 201 g/mol. The molecule has 1 heterocycles. The van der Waals surface area contributed by atoms with Crippen LogP contribution in [0.15, 0.2) is 30.6 Å². The Hall–Kier alpha value is -1.61. The molecule has 1 unspecified atom stereocenters. The SMILES string of the molecule is Cc1cccc(C(N)c2ncc[nH]2)c1C. The highest BCUT2D eigenvalue weighted by molar-refractivity contribution is 5.37. The van der Waals surface area contributed by atoms with E-state index in [4.69, 9.17) is 5.73 Å². The van der Waals surface area contributed by atoms with Crippen molar-refractivity contribution in [3.63, 3.8) is 0 Å². The standard InChI is InChI=1S/C12H15N3/c1-8-4-3-5-10(9(8)2)11(13)12-14-6-7-15-12/h3-7,11H,13H2,1-2H3,(H,14,15). The molecule has 1 aromatic carbocycles. The maximum Gasteiger partial charge on any atom is 0.127 e. The number of nitrogens with one attached hydrogen (secondary N) is 1. The highest BCUT2D eigenvalue weighted by atomic mass is 14.9. The van der Waals surface area contributed by atoms with Gasteiger partial charge in [-0.3, -0.25) is 0 Å². The van der Waals surface area contributed by atoms with Crippen molar-refractivity contribution in [3.05, 3.63) is 53.1 Å². The largest absolute Gasteiger partial charge is 0.347 e. The number of aromatic amines is 1. The summed E-state index contributed by atoms with van der Waals surface area (Å²) in [5, 5.41) is 0. The smallest absolute Gasteiger partial charge is 0.127 e. The van der Waals surface area contributed by atoms with Crippen LogP contribution in [-0.2, 0) is 0 Å². The van der Waals surface area contributed by atoms with Crippen molar-refractivity contribution < 1.29 is 0 Å². The summed E-state index contributed by atoms with van der Waals surface area (Å²) >= 11 is 0. The van der Waals surface area contributed by atoms with Crippen molar-refractivity contribution in [1.82, 2.24) is 9.97 Å². The number of nitrogens with two attached hydrogens (primary N) is 1. The van der Waals surface area contributed by atoms with Crippen LogP contribution < -0.4 is 5.73 Å². The molecule has 0 fully saturated rings. The second kappa shape index (κ2) is 3.87. The van der Waals surface area contributed by atoms with E-state index in [2.05, 4.69) is 35.9 Å². The van der Waals surface area contributed by atoms with Gasteiger partial charge >= 0.3 is 0 Å². The first kappa shape index (κ1) is 9.93. The van der Waals surface area contributed by atoms with Crippen molar-refractivity contribution in [2.75, 3.05) is 0 Å². The van der Waals surface area contributed by atoms with Crippen molar-refractivity contribution >= 4 is 0 Å². The zero-order valence-electron chi connectivity index (χ0n) is 8.99. The van der Waals surface area contributed by atoms with Gasteiger partial charge in [-0.1, -0.05) is 18.2 Å². The van der Waals surface area contributed by atoms with Crippen LogP contribution in [0.4, 0.5) is 0 Å². The summed E-state index contributed by atoms with van der Waals surface area (Å²) in [5.74, 6) is 0.809. The third-order valence-electron chi connectivity index (χ3n) is 2.80. The lowest BCUT2D eigenvalue weighted by Crippen LogP contribution is -2.15. The highest BCUT2D eigenvalue weighted by Gasteiger charge is 2.13. The first-order chi connectivity index (χ1) is 7.20. The quantitative estimate of drug-likeness (QED) is 0.781. The molecule has 0 aliphatic carbocycles. The number of hydrogen-bond acceptors (Lipinski definition) is 2. The molecule has 78 valence electrons. The van der Waals surface area contributed by atoms with E-state index >= 15 is 0 Å². The molecule has 0 saturated carbocycles. The molecule has 3 nitrogen and oxygen atoms in total. The fraction of sp³-hybridized carbons (Fsp3) is 0.250. The summed E-state index contributed by atoms with van der Waals surface area (Å²) in [4.78, 5) is 7.23. The van der Waals surface area contributed by atoms with E-state index in [1.165, 1.54) is 11.1 Å². The van der Waals surface area contributed by atoms with Crippen LogP contribution in [0.2, 0.25) is 0 Å². The van der Waals surface area contributed by atoms with Crippen molar-refractivity contribution in [2.45, 2.75) is 19.9 Å². The predicted octanol–water partition coefficient (Wildman–Crippen LogP) is 2.07. The van der Waals surface area contributed by atoms with Crippen LogP contribution in [0.1, 0.15) is 28.6 Å². The molecule has 0 bridgehead atoms. The Bertz CT molecular complexity index is 446. The molecule has 1 aromatic heterocycles. The molecule has 2 aromatic rings. The van der Waals surface area contributed by atoms with Gasteiger partial charge in [0.15, 0.2) is 0 Å². The van der Waals surface area contributed by atoms with E-state index in [0.717, 1.165) is 11.4 Å². The zero-order valence-corrected chi connectivity index (χ0v) is 8.99. The van der Waals surface area contributed by atoms with Crippen LogP contribution in [0.25, 0.3) is 0 Å². The summed E-state index contributed by atoms with van der Waals surface area (Å²) in [6.45, 7) is 4.18. The molecule has 1 atom stereocenters. The number of imidazole rings is 1. The van der Waals surface area contributed by atoms with Gasteiger partial charge in [0.05, 0.1) is 6.04 Å². The normalized spacial score (nSPS) is 12.7. The Balaban J connectivity index is 2.42. The Morgan fingerprint density at radius 1 is 1.33 bits per heavy atom. The molecule has 0 saturated heterocycles. The molecule has 3 heteroatoms. The molecular weight excluding hydrogens is 186 g/mol. The Morgan fingerprint density at radius 3 is 2.80 bits per heavy atom. The molecule has 0 radical (unpaired) electrons. The van der Waals surface area contributed by atoms with Gasteiger partial charge in [-0.05, 0) is 30.5 Å². The number of hydrogen-bond donors (Lipinski definition) is 2. The number of nitrogens with zero attached hydrogens (tertiary/aromatic N) is 1. The number of aryl methyl sites for hydroxylation is 1. The predicted molar refractivity (Wildman–Crippen MR) is 60.5 cm³/mol. The van der Waals surface area contributed by atoms with Crippen LogP contribution in [0.5, 0.6) is 0 Å². The second-order valence-corrected chi connectivity index (χ2v) is 3.74. The molecule has 0 amide bonds. The fourth-order valence-electron chi connectivity index (χ4n) is 1.71. The highest BCUT2D eigenvalue weighted by Crippen LogP contribution is 2.21. The summed E-state index contributed by atoms with van der Waals surface area (Å²) in [5.41, 5.74) is 9.76. The van der Waals surface area contributed by atoms with E-state index in [-0.39, 0.29) is 6.04 Å². The summed E-state index contributed by atoms with van der Waals surface area (Å²) in [6, 6.07) is 6.00. The zero-order chi connectivity index (χ0) is 10.8. The van der Waals surface area contributed by atoms with E-state index in [1.807, 2.05) is 6.07 Å². The topological polar surface area (TPSA) is 54.7 Å². The van der Waals surface area contributed by atoms with Crippen LogP contribution in [0.3, 0.4) is 0 Å². The molecular formula is C12H15N3. The summed E-state index contributed by atoms with van der Waals surface area (Å²) in [6.07, 6.45) is 3.51. The van der Waals surface area contributed by atoms with Crippen molar-refractivity contribution in [1.29, 1.82) is 0 Å². The minimum atomic E-state index is -0.167. The average molecular weight is 201 g/mol. The number of rotatable bonds is 2. The van der Waals surface area contributed by atoms with E-state index < -0.39 is 0 Å². The Morgan fingerprint density at radius 2 is 2.13 bits per heavy atom. The van der Waals surface area contributed by atoms with Gasteiger partial charge in [-0.15, -0.1) is 0 Å². The van der Waals surface area contributed by atoms with Crippen LogP contribution in [-0.4, -0.2) is 9.97 Å². The van der Waals surface area contributed by atoms with Gasteiger partial charge in [-0.2, -0.15) is 0 Å². The fourth-order valence-corrected chi connectivity index (χ4v) is 1.71. The second-order valence-electron chi connectivity index (χ2n) is 3.74. The first-order valence-corrected chi connectivity index (χ1v) is 5.01.